The van der Waals surface area contributed by atoms with E-state index in [1.165, 1.54) is 0 Å². The van der Waals surface area contributed by atoms with Crippen LogP contribution in [-0.4, -0.2) is 68.4 Å². The Morgan fingerprint density at radius 1 is 1.16 bits per heavy atom. The van der Waals surface area contributed by atoms with Crippen LogP contribution in [0.15, 0.2) is 36.4 Å². The molecule has 1 aromatic rings. The summed E-state index contributed by atoms with van der Waals surface area (Å²) in [6.07, 6.45) is 1.69. The van der Waals surface area contributed by atoms with E-state index >= 15 is 0 Å². The molecule has 0 aromatic heterocycles. The number of aliphatic carboxylic acids is 1. The molecule has 0 radical (unpaired) electrons. The van der Waals surface area contributed by atoms with Crippen molar-refractivity contribution in [3.8, 4) is 5.75 Å². The van der Waals surface area contributed by atoms with Gasteiger partial charge in [0.1, 0.15) is 12.4 Å². The Labute approximate surface area is 147 Å². The zero-order valence-corrected chi connectivity index (χ0v) is 14.4. The van der Waals surface area contributed by atoms with E-state index in [-0.39, 0.29) is 12.8 Å². The molecule has 1 fully saturated rings. The number of ether oxygens (including phenoxy) is 2. The van der Waals surface area contributed by atoms with Crippen molar-refractivity contribution >= 4 is 17.6 Å². The highest BCUT2D eigenvalue weighted by molar-refractivity contribution is 5.90. The van der Waals surface area contributed by atoms with Crippen LogP contribution in [0.25, 0.3) is 0 Å². The second-order valence-electron chi connectivity index (χ2n) is 5.34. The minimum Gasteiger partial charge on any atom is -0.495 e. The summed E-state index contributed by atoms with van der Waals surface area (Å²) in [5, 5.41) is 8.43. The van der Waals surface area contributed by atoms with Crippen molar-refractivity contribution in [2.45, 2.75) is 0 Å². The average Bonchev–Trinajstić information content (AvgIpc) is 2.60. The van der Waals surface area contributed by atoms with Crippen LogP contribution in [0.2, 0.25) is 0 Å². The molecule has 8 heteroatoms. The maximum Gasteiger partial charge on any atom is 0.331 e. The molecule has 1 aliphatic heterocycles. The lowest BCUT2D eigenvalue weighted by molar-refractivity contribution is -0.139. The number of nitrogens with zero attached hydrogens (tertiary/aromatic N) is 2. The van der Waals surface area contributed by atoms with Crippen LogP contribution in [0.3, 0.4) is 0 Å². The van der Waals surface area contributed by atoms with E-state index in [4.69, 9.17) is 14.6 Å². The van der Waals surface area contributed by atoms with Gasteiger partial charge < -0.3 is 25.6 Å². The Morgan fingerprint density at radius 2 is 1.84 bits per heavy atom. The molecule has 1 heterocycles. The number of piperazine rings is 1. The molecule has 25 heavy (non-hydrogen) atoms. The molecular formula is C17H25N3O5. The SMILES string of the molecule is COc1ccccc1N1CCN(CCOC(=O)/C=C/C(=O)O)CC1.N. The van der Waals surface area contributed by atoms with Gasteiger partial charge in [0.15, 0.2) is 0 Å². The van der Waals surface area contributed by atoms with Gasteiger partial charge in [-0.15, -0.1) is 0 Å². The number of methoxy groups -OCH3 is 1. The Hall–Kier alpha value is -2.58. The molecule has 1 aliphatic rings. The fourth-order valence-electron chi connectivity index (χ4n) is 2.57. The van der Waals surface area contributed by atoms with Gasteiger partial charge in [-0.25, -0.2) is 9.59 Å². The van der Waals surface area contributed by atoms with Crippen LogP contribution in [0.5, 0.6) is 5.75 Å². The van der Waals surface area contributed by atoms with E-state index < -0.39 is 11.9 Å². The maximum absolute atomic E-state index is 11.3. The first-order valence-corrected chi connectivity index (χ1v) is 7.78. The second-order valence-corrected chi connectivity index (χ2v) is 5.34. The van der Waals surface area contributed by atoms with Gasteiger partial charge in [-0.3, -0.25) is 4.90 Å². The van der Waals surface area contributed by atoms with Gasteiger partial charge in [0, 0.05) is 44.9 Å². The van der Waals surface area contributed by atoms with E-state index in [1.54, 1.807) is 7.11 Å². The Morgan fingerprint density at radius 3 is 2.48 bits per heavy atom. The number of hydrogen-bond donors (Lipinski definition) is 2. The molecule has 2 rings (SSSR count). The largest absolute Gasteiger partial charge is 0.495 e. The fourth-order valence-corrected chi connectivity index (χ4v) is 2.57. The number of carbonyl (C=O) groups excluding carboxylic acids is 1. The quantitative estimate of drug-likeness (QED) is 0.556. The molecule has 0 saturated carbocycles. The molecule has 8 nitrogen and oxygen atoms in total. The van der Waals surface area contributed by atoms with Crippen molar-refractivity contribution in [3.63, 3.8) is 0 Å². The fraction of sp³-hybridized carbons (Fsp3) is 0.412. The summed E-state index contributed by atoms with van der Waals surface area (Å²) in [6, 6.07) is 7.94. The lowest BCUT2D eigenvalue weighted by Gasteiger charge is -2.36. The molecule has 0 atom stereocenters. The number of rotatable bonds is 7. The van der Waals surface area contributed by atoms with Crippen molar-refractivity contribution < 1.29 is 24.2 Å². The first kappa shape index (κ1) is 20.5. The van der Waals surface area contributed by atoms with Crippen molar-refractivity contribution in [1.29, 1.82) is 0 Å². The number of carboxylic acid groups (broad SMARTS) is 1. The standard InChI is InChI=1S/C17H22N2O5.H3N/c1-23-15-5-3-2-4-14(15)19-10-8-18(9-11-19)12-13-24-17(22)7-6-16(20)21;/h2-7H,8-13H2,1H3,(H,20,21);1H3/b7-6+;. The van der Waals surface area contributed by atoms with Crippen LogP contribution >= 0.6 is 0 Å². The van der Waals surface area contributed by atoms with E-state index in [9.17, 15) is 9.59 Å². The molecule has 0 aliphatic carbocycles. The summed E-state index contributed by atoms with van der Waals surface area (Å²) in [5.74, 6) is -0.936. The number of carbonyl (C=O) groups is 2. The summed E-state index contributed by atoms with van der Waals surface area (Å²) >= 11 is 0. The number of esters is 1. The van der Waals surface area contributed by atoms with Crippen LogP contribution in [0.1, 0.15) is 0 Å². The summed E-state index contributed by atoms with van der Waals surface area (Å²) in [7, 11) is 1.67. The summed E-state index contributed by atoms with van der Waals surface area (Å²) in [4.78, 5) is 26.1. The number of anilines is 1. The molecule has 0 unspecified atom stereocenters. The van der Waals surface area contributed by atoms with Crippen molar-refractivity contribution in [2.24, 2.45) is 0 Å². The first-order valence-electron chi connectivity index (χ1n) is 7.78. The third kappa shape index (κ3) is 6.44. The number of benzene rings is 1. The minimum absolute atomic E-state index is 0. The van der Waals surface area contributed by atoms with Crippen molar-refractivity contribution in [2.75, 3.05) is 51.3 Å². The minimum atomic E-state index is -1.17. The lowest BCUT2D eigenvalue weighted by atomic mass is 10.2. The molecule has 1 aromatic carbocycles. The van der Waals surface area contributed by atoms with Gasteiger partial charge in [0.05, 0.1) is 12.8 Å². The zero-order chi connectivity index (χ0) is 17.4. The molecule has 0 spiro atoms. The molecule has 4 N–H and O–H groups in total. The van der Waals surface area contributed by atoms with E-state index in [0.29, 0.717) is 6.54 Å². The molecule has 1 saturated heterocycles. The van der Waals surface area contributed by atoms with Gasteiger partial charge in [0.25, 0.3) is 0 Å². The molecular weight excluding hydrogens is 326 g/mol. The average molecular weight is 351 g/mol. The normalized spacial score (nSPS) is 14.8. The van der Waals surface area contributed by atoms with Crippen molar-refractivity contribution in [3.05, 3.63) is 36.4 Å². The number of para-hydroxylation sites is 2. The highest BCUT2D eigenvalue weighted by atomic mass is 16.5. The highest BCUT2D eigenvalue weighted by Crippen LogP contribution is 2.28. The first-order chi connectivity index (χ1) is 11.6. The Bertz CT molecular complexity index is 598. The lowest BCUT2D eigenvalue weighted by Crippen LogP contribution is -2.47. The second kappa shape index (κ2) is 10.3. The van der Waals surface area contributed by atoms with Gasteiger partial charge in [-0.1, -0.05) is 12.1 Å². The Balaban J connectivity index is 0.00000312. The predicted octanol–water partition coefficient (Wildman–Crippen LogP) is 1.16. The van der Waals surface area contributed by atoms with E-state index in [0.717, 1.165) is 49.8 Å². The van der Waals surface area contributed by atoms with Gasteiger partial charge in [0.2, 0.25) is 0 Å². The van der Waals surface area contributed by atoms with Gasteiger partial charge >= 0.3 is 11.9 Å². The Kier molecular flexibility index (Phi) is 8.45. The number of hydrogen-bond acceptors (Lipinski definition) is 7. The number of carboxylic acids is 1. The summed E-state index contributed by atoms with van der Waals surface area (Å²) in [6.45, 7) is 4.34. The van der Waals surface area contributed by atoms with Crippen LogP contribution in [0, 0.1) is 0 Å². The molecule has 0 bridgehead atoms. The third-order valence-corrected chi connectivity index (χ3v) is 3.81. The van der Waals surface area contributed by atoms with E-state index in [1.807, 2.05) is 24.3 Å². The maximum atomic E-state index is 11.3. The van der Waals surface area contributed by atoms with Gasteiger partial charge in [-0.05, 0) is 12.1 Å². The highest BCUT2D eigenvalue weighted by Gasteiger charge is 2.19. The molecule has 138 valence electrons. The van der Waals surface area contributed by atoms with Gasteiger partial charge in [-0.2, -0.15) is 0 Å². The van der Waals surface area contributed by atoms with E-state index in [2.05, 4.69) is 9.80 Å². The monoisotopic (exact) mass is 351 g/mol. The molecule has 0 amide bonds. The van der Waals surface area contributed by atoms with Crippen LogP contribution in [0.4, 0.5) is 5.69 Å². The predicted molar refractivity (Wildman–Crippen MR) is 94.4 cm³/mol. The summed E-state index contributed by atoms with van der Waals surface area (Å²) in [5.41, 5.74) is 1.09. The van der Waals surface area contributed by atoms with Crippen LogP contribution < -0.4 is 15.8 Å². The topological polar surface area (TPSA) is 114 Å². The summed E-state index contributed by atoms with van der Waals surface area (Å²) < 4.78 is 10.4. The zero-order valence-electron chi connectivity index (χ0n) is 14.4. The third-order valence-electron chi connectivity index (χ3n) is 3.81. The van der Waals surface area contributed by atoms with Crippen LogP contribution in [-0.2, 0) is 14.3 Å². The smallest absolute Gasteiger partial charge is 0.331 e. The van der Waals surface area contributed by atoms with Crippen molar-refractivity contribution in [1.82, 2.24) is 11.1 Å².